The van der Waals surface area contributed by atoms with E-state index in [-0.39, 0.29) is 0 Å². The van der Waals surface area contributed by atoms with Crippen LogP contribution in [0.25, 0.3) is 0 Å². The second kappa shape index (κ2) is 6.75. The number of rotatable bonds is 5. The lowest BCUT2D eigenvalue weighted by Gasteiger charge is -2.47. The summed E-state index contributed by atoms with van der Waals surface area (Å²) in [5.74, 6) is 0.721. The van der Waals surface area contributed by atoms with Gasteiger partial charge >= 0.3 is 0 Å². The van der Waals surface area contributed by atoms with Gasteiger partial charge in [-0.25, -0.2) is 0 Å². The van der Waals surface area contributed by atoms with E-state index in [1.54, 1.807) is 14.2 Å². The molecular weight excluding hydrogens is 308 g/mol. The Morgan fingerprint density at radius 3 is 2.50 bits per heavy atom. The van der Waals surface area contributed by atoms with E-state index in [1.165, 1.54) is 0 Å². The maximum Gasteiger partial charge on any atom is 0.171 e. The molecule has 0 radical (unpaired) electrons. The molecule has 1 saturated carbocycles. The average molecular weight is 334 g/mol. The molecule has 0 aromatic heterocycles. The topological polar surface area (TPSA) is 57.2 Å². The Morgan fingerprint density at radius 2 is 1.92 bits per heavy atom. The quantitative estimate of drug-likeness (QED) is 0.839. The summed E-state index contributed by atoms with van der Waals surface area (Å²) in [6.07, 6.45) is 3.95. The normalized spacial score (nSPS) is 28.7. The number of benzene rings is 1. The van der Waals surface area contributed by atoms with Crippen LogP contribution < -0.4 is 9.47 Å². The van der Waals surface area contributed by atoms with Crippen LogP contribution in [0.4, 0.5) is 0 Å². The largest absolute Gasteiger partial charge is 0.493 e. The minimum absolute atomic E-state index is 0.415. The van der Waals surface area contributed by atoms with Gasteiger partial charge in [0.2, 0.25) is 0 Å². The molecule has 2 atom stereocenters. The van der Waals surface area contributed by atoms with Crippen molar-refractivity contribution in [3.63, 3.8) is 0 Å². The van der Waals surface area contributed by atoms with Crippen molar-refractivity contribution in [1.82, 2.24) is 0 Å². The van der Waals surface area contributed by atoms with Crippen molar-refractivity contribution in [2.24, 2.45) is 0 Å². The van der Waals surface area contributed by atoms with Crippen molar-refractivity contribution in [1.29, 1.82) is 0 Å². The molecule has 1 heterocycles. The lowest BCUT2D eigenvalue weighted by Crippen LogP contribution is -2.51. The van der Waals surface area contributed by atoms with E-state index in [4.69, 9.17) is 18.9 Å². The first-order valence-corrected chi connectivity index (χ1v) is 8.38. The zero-order chi connectivity index (χ0) is 17.2. The standard InChI is InChI=1S/C19H26O5/c1-4-7-18(14-5-6-15(21-2)16(12-14)22-3)8-9-19(13-17(18)20)23-10-11-24-19/h4-6,12,17,20H,1,7-11,13H2,2-3H3. The van der Waals surface area contributed by atoms with Gasteiger partial charge in [0.1, 0.15) is 0 Å². The maximum atomic E-state index is 11.0. The van der Waals surface area contributed by atoms with Crippen molar-refractivity contribution < 1.29 is 24.1 Å². The van der Waals surface area contributed by atoms with Crippen molar-refractivity contribution in [2.45, 2.75) is 43.0 Å². The van der Waals surface area contributed by atoms with E-state index in [2.05, 4.69) is 6.58 Å². The summed E-state index contributed by atoms with van der Waals surface area (Å²) in [4.78, 5) is 0. The van der Waals surface area contributed by atoms with Gasteiger partial charge in [-0.15, -0.1) is 6.58 Å². The minimum Gasteiger partial charge on any atom is -0.493 e. The molecule has 1 aliphatic heterocycles. The molecule has 132 valence electrons. The fourth-order valence-corrected chi connectivity index (χ4v) is 4.03. The number of allylic oxidation sites excluding steroid dienone is 1. The third-order valence-electron chi connectivity index (χ3n) is 5.37. The number of hydrogen-bond acceptors (Lipinski definition) is 5. The van der Waals surface area contributed by atoms with Crippen LogP contribution in [-0.4, -0.2) is 44.4 Å². The summed E-state index contributed by atoms with van der Waals surface area (Å²) in [6.45, 7) is 5.09. The minimum atomic E-state index is -0.624. The van der Waals surface area contributed by atoms with Gasteiger partial charge in [0, 0.05) is 18.3 Å². The summed E-state index contributed by atoms with van der Waals surface area (Å²) >= 11 is 0. The first kappa shape index (κ1) is 17.3. The molecule has 0 bridgehead atoms. The Kier molecular flexibility index (Phi) is 4.85. The second-order valence-electron chi connectivity index (χ2n) is 6.55. The summed E-state index contributed by atoms with van der Waals surface area (Å²) < 4.78 is 22.3. The molecule has 1 N–H and O–H groups in total. The Morgan fingerprint density at radius 1 is 1.21 bits per heavy atom. The Bertz CT molecular complexity index is 593. The molecule has 2 unspecified atom stereocenters. The molecule has 1 aromatic rings. The summed E-state index contributed by atoms with van der Waals surface area (Å²) in [6, 6.07) is 5.85. The van der Waals surface area contributed by atoms with Crippen LogP contribution >= 0.6 is 0 Å². The van der Waals surface area contributed by atoms with Crippen LogP contribution in [0.2, 0.25) is 0 Å². The van der Waals surface area contributed by atoms with Gasteiger partial charge in [0.25, 0.3) is 0 Å². The fourth-order valence-electron chi connectivity index (χ4n) is 4.03. The van der Waals surface area contributed by atoms with E-state index in [0.29, 0.717) is 37.6 Å². The third kappa shape index (κ3) is 2.81. The van der Waals surface area contributed by atoms with E-state index in [1.807, 2.05) is 24.3 Å². The lowest BCUT2D eigenvalue weighted by molar-refractivity contribution is -0.209. The van der Waals surface area contributed by atoms with E-state index in [9.17, 15) is 5.11 Å². The van der Waals surface area contributed by atoms with Crippen molar-refractivity contribution in [3.8, 4) is 11.5 Å². The highest BCUT2D eigenvalue weighted by Gasteiger charge is 2.52. The van der Waals surface area contributed by atoms with Gasteiger partial charge in [0.05, 0.1) is 33.5 Å². The van der Waals surface area contributed by atoms with Gasteiger partial charge in [-0.3, -0.25) is 0 Å². The van der Waals surface area contributed by atoms with Crippen LogP contribution in [-0.2, 0) is 14.9 Å². The number of aliphatic hydroxyl groups excluding tert-OH is 1. The van der Waals surface area contributed by atoms with Gasteiger partial charge in [-0.2, -0.15) is 0 Å². The predicted molar refractivity (Wildman–Crippen MR) is 90.5 cm³/mol. The molecule has 3 rings (SSSR count). The molecule has 1 aromatic carbocycles. The Labute approximate surface area is 143 Å². The number of ether oxygens (including phenoxy) is 4. The highest BCUT2D eigenvalue weighted by molar-refractivity contribution is 5.46. The fraction of sp³-hybridized carbons (Fsp3) is 0.579. The Balaban J connectivity index is 1.95. The summed E-state index contributed by atoms with van der Waals surface area (Å²) in [5.41, 5.74) is 0.613. The number of methoxy groups -OCH3 is 2. The molecule has 5 heteroatoms. The summed E-state index contributed by atoms with van der Waals surface area (Å²) in [7, 11) is 3.24. The Hall–Kier alpha value is -1.56. The average Bonchev–Trinajstić information content (AvgIpc) is 3.05. The molecule has 2 fully saturated rings. The van der Waals surface area contributed by atoms with Crippen LogP contribution in [0.1, 0.15) is 31.2 Å². The van der Waals surface area contributed by atoms with E-state index in [0.717, 1.165) is 18.4 Å². The molecule has 5 nitrogen and oxygen atoms in total. The van der Waals surface area contributed by atoms with Crippen molar-refractivity contribution in [2.75, 3.05) is 27.4 Å². The van der Waals surface area contributed by atoms with Gasteiger partial charge in [-0.05, 0) is 30.5 Å². The van der Waals surface area contributed by atoms with Gasteiger partial charge in [0.15, 0.2) is 17.3 Å². The zero-order valence-electron chi connectivity index (χ0n) is 14.4. The highest BCUT2D eigenvalue weighted by atomic mass is 16.7. The highest BCUT2D eigenvalue weighted by Crippen LogP contribution is 2.49. The first-order valence-electron chi connectivity index (χ1n) is 8.38. The van der Waals surface area contributed by atoms with E-state index < -0.39 is 17.3 Å². The maximum absolute atomic E-state index is 11.0. The van der Waals surface area contributed by atoms with Crippen LogP contribution in [0, 0.1) is 0 Å². The SMILES string of the molecule is C=CCC1(c2ccc(OC)c(OC)c2)CCC2(CC1O)OCCO2. The smallest absolute Gasteiger partial charge is 0.171 e. The molecule has 1 saturated heterocycles. The zero-order valence-corrected chi connectivity index (χ0v) is 14.4. The molecule has 24 heavy (non-hydrogen) atoms. The van der Waals surface area contributed by atoms with Crippen molar-refractivity contribution >= 4 is 0 Å². The van der Waals surface area contributed by atoms with E-state index >= 15 is 0 Å². The second-order valence-corrected chi connectivity index (χ2v) is 6.55. The first-order chi connectivity index (χ1) is 11.6. The van der Waals surface area contributed by atoms with Gasteiger partial charge in [-0.1, -0.05) is 12.1 Å². The lowest BCUT2D eigenvalue weighted by atomic mass is 9.64. The molecule has 0 amide bonds. The van der Waals surface area contributed by atoms with Crippen LogP contribution in [0.5, 0.6) is 11.5 Å². The predicted octanol–water partition coefficient (Wildman–Crippen LogP) is 2.81. The third-order valence-corrected chi connectivity index (χ3v) is 5.37. The van der Waals surface area contributed by atoms with Crippen LogP contribution in [0.15, 0.2) is 30.9 Å². The monoisotopic (exact) mass is 334 g/mol. The summed E-state index contributed by atoms with van der Waals surface area (Å²) in [5, 5.41) is 11.0. The molecule has 1 spiro atoms. The molecule has 1 aliphatic carbocycles. The van der Waals surface area contributed by atoms with Crippen molar-refractivity contribution in [3.05, 3.63) is 36.4 Å². The number of aliphatic hydroxyl groups is 1. The van der Waals surface area contributed by atoms with Crippen LogP contribution in [0.3, 0.4) is 0 Å². The molecule has 2 aliphatic rings. The molecular formula is C19H26O5. The van der Waals surface area contributed by atoms with Gasteiger partial charge < -0.3 is 24.1 Å². The number of hydrogen-bond donors (Lipinski definition) is 1.